The maximum absolute atomic E-state index is 6.00. The van der Waals surface area contributed by atoms with Gasteiger partial charge in [0.15, 0.2) is 0 Å². The summed E-state index contributed by atoms with van der Waals surface area (Å²) < 4.78 is 16.7. The van der Waals surface area contributed by atoms with Gasteiger partial charge in [0.1, 0.15) is 17.3 Å². The molecule has 2 saturated heterocycles. The molecule has 1 atom stereocenters. The molecule has 0 amide bonds. The van der Waals surface area contributed by atoms with Crippen molar-refractivity contribution in [1.82, 2.24) is 24.8 Å². The van der Waals surface area contributed by atoms with Gasteiger partial charge in [-0.3, -0.25) is 4.90 Å². The fourth-order valence-corrected chi connectivity index (χ4v) is 4.37. The SMILES string of the molecule is COc1ccc(Oc2cc(C)nc([C@H]3CCN(Cc4ccnc(N5CCOCC5)n4)C3)n2)cc1. The molecule has 1 aromatic carbocycles. The van der Waals surface area contributed by atoms with E-state index in [1.807, 2.05) is 49.5 Å². The number of rotatable bonds is 7. The topological polar surface area (TPSA) is 85.7 Å². The molecule has 3 aromatic rings. The lowest BCUT2D eigenvalue weighted by Crippen LogP contribution is -2.37. The summed E-state index contributed by atoms with van der Waals surface area (Å²) in [5.74, 6) is 3.97. The Labute approximate surface area is 199 Å². The van der Waals surface area contributed by atoms with Crippen LogP contribution < -0.4 is 14.4 Å². The Kier molecular flexibility index (Phi) is 6.82. The summed E-state index contributed by atoms with van der Waals surface area (Å²) in [4.78, 5) is 23.3. The maximum Gasteiger partial charge on any atom is 0.225 e. The van der Waals surface area contributed by atoms with Crippen molar-refractivity contribution >= 4 is 5.95 Å². The number of likely N-dealkylation sites (tertiary alicyclic amines) is 1. The second-order valence-corrected chi connectivity index (χ2v) is 8.65. The average Bonchev–Trinajstić information content (AvgIpc) is 3.33. The number of methoxy groups -OCH3 is 1. The number of anilines is 1. The first-order chi connectivity index (χ1) is 16.7. The van der Waals surface area contributed by atoms with Crippen molar-refractivity contribution in [1.29, 1.82) is 0 Å². The number of aromatic nitrogens is 4. The quantitative estimate of drug-likeness (QED) is 0.525. The lowest BCUT2D eigenvalue weighted by Gasteiger charge is -2.27. The molecule has 4 heterocycles. The minimum absolute atomic E-state index is 0.263. The van der Waals surface area contributed by atoms with Crippen molar-refractivity contribution < 1.29 is 14.2 Å². The summed E-state index contributed by atoms with van der Waals surface area (Å²) in [5, 5.41) is 0. The van der Waals surface area contributed by atoms with Gasteiger partial charge in [0.05, 0.1) is 26.0 Å². The third-order valence-electron chi connectivity index (χ3n) is 6.15. The van der Waals surface area contributed by atoms with Gasteiger partial charge in [-0.1, -0.05) is 0 Å². The highest BCUT2D eigenvalue weighted by Gasteiger charge is 2.27. The molecule has 0 aliphatic carbocycles. The molecule has 178 valence electrons. The standard InChI is InChI=1S/C25H30N6O3/c1-18-15-23(34-22-5-3-21(32-2)4-6-22)29-24(27-18)19-8-10-30(16-19)17-20-7-9-26-25(28-20)31-11-13-33-14-12-31/h3-7,9,15,19H,8,10-14,16-17H2,1-2H3/t19-/m0/s1. The predicted octanol–water partition coefficient (Wildman–Crippen LogP) is 3.20. The number of aryl methyl sites for hydroxylation is 1. The summed E-state index contributed by atoms with van der Waals surface area (Å²) >= 11 is 0. The lowest BCUT2D eigenvalue weighted by atomic mass is 10.1. The Morgan fingerprint density at radius 1 is 1.00 bits per heavy atom. The fraction of sp³-hybridized carbons (Fsp3) is 0.440. The van der Waals surface area contributed by atoms with E-state index in [4.69, 9.17) is 29.2 Å². The highest BCUT2D eigenvalue weighted by atomic mass is 16.5. The molecule has 0 saturated carbocycles. The number of morpholine rings is 1. The highest BCUT2D eigenvalue weighted by molar-refractivity contribution is 5.34. The Balaban J connectivity index is 1.23. The van der Waals surface area contributed by atoms with Gasteiger partial charge in [0.25, 0.3) is 0 Å². The van der Waals surface area contributed by atoms with Crippen molar-refractivity contribution in [2.45, 2.75) is 25.8 Å². The summed E-state index contributed by atoms with van der Waals surface area (Å²) in [6.45, 7) is 7.76. The molecule has 0 unspecified atom stereocenters. The first-order valence-electron chi connectivity index (χ1n) is 11.7. The van der Waals surface area contributed by atoms with E-state index in [1.54, 1.807) is 7.11 Å². The Bertz CT molecular complexity index is 1100. The van der Waals surface area contributed by atoms with E-state index < -0.39 is 0 Å². The van der Waals surface area contributed by atoms with Crippen LogP contribution in [0.4, 0.5) is 5.95 Å². The van der Waals surface area contributed by atoms with Gasteiger partial charge < -0.3 is 19.1 Å². The van der Waals surface area contributed by atoms with Crippen LogP contribution in [0.2, 0.25) is 0 Å². The van der Waals surface area contributed by atoms with E-state index in [0.29, 0.717) is 5.88 Å². The normalized spacial score (nSPS) is 18.8. The molecule has 0 radical (unpaired) electrons. The van der Waals surface area contributed by atoms with Crippen LogP contribution in [0.1, 0.15) is 29.6 Å². The molecule has 0 spiro atoms. The van der Waals surface area contributed by atoms with Gasteiger partial charge in [-0.25, -0.2) is 15.0 Å². The summed E-state index contributed by atoms with van der Waals surface area (Å²) in [6, 6.07) is 11.4. The van der Waals surface area contributed by atoms with E-state index >= 15 is 0 Å². The van der Waals surface area contributed by atoms with Crippen LogP contribution in [0.3, 0.4) is 0 Å². The molecule has 2 aromatic heterocycles. The molecule has 2 aliphatic rings. The van der Waals surface area contributed by atoms with Crippen LogP contribution in [-0.4, -0.2) is 71.3 Å². The Morgan fingerprint density at radius 3 is 2.59 bits per heavy atom. The molecule has 0 bridgehead atoms. The van der Waals surface area contributed by atoms with Gasteiger partial charge >= 0.3 is 0 Å². The third kappa shape index (κ3) is 5.43. The maximum atomic E-state index is 6.00. The van der Waals surface area contributed by atoms with E-state index in [2.05, 4.69) is 14.8 Å². The lowest BCUT2D eigenvalue weighted by molar-refractivity contribution is 0.122. The average molecular weight is 463 g/mol. The van der Waals surface area contributed by atoms with Gasteiger partial charge in [0, 0.05) is 50.1 Å². The van der Waals surface area contributed by atoms with E-state index in [9.17, 15) is 0 Å². The minimum atomic E-state index is 0.263. The van der Waals surface area contributed by atoms with Gasteiger partial charge in [0.2, 0.25) is 11.8 Å². The second kappa shape index (κ2) is 10.3. The molecule has 0 N–H and O–H groups in total. The summed E-state index contributed by atoms with van der Waals surface area (Å²) in [7, 11) is 1.65. The largest absolute Gasteiger partial charge is 0.497 e. The van der Waals surface area contributed by atoms with Crippen LogP contribution >= 0.6 is 0 Å². The molecule has 2 aliphatic heterocycles. The molecule has 34 heavy (non-hydrogen) atoms. The van der Waals surface area contributed by atoms with Crippen LogP contribution in [-0.2, 0) is 11.3 Å². The van der Waals surface area contributed by atoms with E-state index in [-0.39, 0.29) is 5.92 Å². The van der Waals surface area contributed by atoms with E-state index in [0.717, 1.165) is 87.0 Å². The van der Waals surface area contributed by atoms with Crippen LogP contribution in [0.15, 0.2) is 42.6 Å². The van der Waals surface area contributed by atoms with Crippen molar-refractivity contribution in [3.63, 3.8) is 0 Å². The second-order valence-electron chi connectivity index (χ2n) is 8.65. The number of hydrogen-bond donors (Lipinski definition) is 0. The van der Waals surface area contributed by atoms with Crippen LogP contribution in [0.5, 0.6) is 17.4 Å². The smallest absolute Gasteiger partial charge is 0.225 e. The summed E-state index contributed by atoms with van der Waals surface area (Å²) in [5.41, 5.74) is 1.93. The highest BCUT2D eigenvalue weighted by Crippen LogP contribution is 2.29. The molecule has 5 rings (SSSR count). The van der Waals surface area contributed by atoms with Crippen molar-refractivity contribution in [3.05, 3.63) is 59.8 Å². The Hall–Kier alpha value is -3.30. The number of nitrogens with zero attached hydrogens (tertiary/aromatic N) is 6. The van der Waals surface area contributed by atoms with Gasteiger partial charge in [-0.15, -0.1) is 0 Å². The van der Waals surface area contributed by atoms with Crippen LogP contribution in [0, 0.1) is 6.92 Å². The zero-order chi connectivity index (χ0) is 23.3. The van der Waals surface area contributed by atoms with Crippen molar-refractivity contribution in [2.24, 2.45) is 0 Å². The molecule has 9 heteroatoms. The molecular formula is C25H30N6O3. The van der Waals surface area contributed by atoms with Gasteiger partial charge in [-0.2, -0.15) is 4.98 Å². The number of benzene rings is 1. The first-order valence-corrected chi connectivity index (χ1v) is 11.7. The fourth-order valence-electron chi connectivity index (χ4n) is 4.37. The Morgan fingerprint density at radius 2 is 1.79 bits per heavy atom. The van der Waals surface area contributed by atoms with Crippen molar-refractivity contribution in [3.8, 4) is 17.4 Å². The predicted molar refractivity (Wildman–Crippen MR) is 128 cm³/mol. The van der Waals surface area contributed by atoms with Gasteiger partial charge in [-0.05, 0) is 50.2 Å². The zero-order valence-electron chi connectivity index (χ0n) is 19.7. The summed E-state index contributed by atoms with van der Waals surface area (Å²) in [6.07, 6.45) is 2.86. The third-order valence-corrected chi connectivity index (χ3v) is 6.15. The molecule has 9 nitrogen and oxygen atoms in total. The van der Waals surface area contributed by atoms with Crippen molar-refractivity contribution in [2.75, 3.05) is 51.4 Å². The number of ether oxygens (including phenoxy) is 3. The number of hydrogen-bond acceptors (Lipinski definition) is 9. The minimum Gasteiger partial charge on any atom is -0.497 e. The molecular weight excluding hydrogens is 432 g/mol. The first kappa shape index (κ1) is 22.5. The monoisotopic (exact) mass is 462 g/mol. The van der Waals surface area contributed by atoms with E-state index in [1.165, 1.54) is 0 Å². The molecule has 2 fully saturated rings. The van der Waals surface area contributed by atoms with Crippen LogP contribution in [0.25, 0.3) is 0 Å². The zero-order valence-corrected chi connectivity index (χ0v) is 19.7.